The fourth-order valence-corrected chi connectivity index (χ4v) is 2.40. The van der Waals surface area contributed by atoms with Gasteiger partial charge in [0.25, 0.3) is 9.05 Å². The minimum atomic E-state index is -4.07. The predicted octanol–water partition coefficient (Wildman–Crippen LogP) is 2.52. The molecule has 78 valence electrons. The van der Waals surface area contributed by atoms with Crippen molar-refractivity contribution >= 4 is 35.7 Å². The van der Waals surface area contributed by atoms with Gasteiger partial charge in [0, 0.05) is 10.7 Å². The number of halogens is 3. The summed E-state index contributed by atoms with van der Waals surface area (Å²) in [5.74, 6) is -0.758. The number of benzene rings is 1. The number of hydrogen-bond acceptors (Lipinski definition) is 3. The first-order valence-electron chi connectivity index (χ1n) is 3.34. The van der Waals surface area contributed by atoms with Crippen LogP contribution < -0.4 is 4.74 Å². The van der Waals surface area contributed by atoms with Gasteiger partial charge in [0.05, 0.1) is 11.6 Å². The van der Waals surface area contributed by atoms with Gasteiger partial charge < -0.3 is 4.74 Å². The van der Waals surface area contributed by atoms with E-state index in [1.165, 1.54) is 13.2 Å². The Kier molecular flexibility index (Phi) is 3.39. The average molecular weight is 304 g/mol. The van der Waals surface area contributed by atoms with E-state index < -0.39 is 19.8 Å². The minimum absolute atomic E-state index is 0.0678. The van der Waals surface area contributed by atoms with Crippen LogP contribution in [-0.2, 0) is 9.05 Å². The molecule has 0 radical (unpaired) electrons. The van der Waals surface area contributed by atoms with E-state index in [-0.39, 0.29) is 10.2 Å². The van der Waals surface area contributed by atoms with Crippen LogP contribution in [0.3, 0.4) is 0 Å². The van der Waals surface area contributed by atoms with Gasteiger partial charge in [-0.1, -0.05) is 0 Å². The third-order valence-corrected chi connectivity index (χ3v) is 3.57. The molecule has 0 aromatic heterocycles. The summed E-state index contributed by atoms with van der Waals surface area (Å²) in [6, 6.07) is 2.35. The van der Waals surface area contributed by atoms with E-state index in [0.717, 1.165) is 6.07 Å². The van der Waals surface area contributed by atoms with Gasteiger partial charge in [-0.3, -0.25) is 0 Å². The Morgan fingerprint density at radius 3 is 2.50 bits per heavy atom. The quantitative estimate of drug-likeness (QED) is 0.789. The van der Waals surface area contributed by atoms with Crippen molar-refractivity contribution in [2.45, 2.75) is 4.90 Å². The van der Waals surface area contributed by atoms with Crippen molar-refractivity contribution in [1.82, 2.24) is 0 Å². The first-order chi connectivity index (χ1) is 6.38. The maximum absolute atomic E-state index is 13.4. The van der Waals surface area contributed by atoms with E-state index in [9.17, 15) is 12.8 Å². The lowest BCUT2D eigenvalue weighted by molar-refractivity contribution is 0.406. The fourth-order valence-electron chi connectivity index (χ4n) is 0.860. The molecule has 0 fully saturated rings. The monoisotopic (exact) mass is 302 g/mol. The molecule has 0 unspecified atom stereocenters. The molecule has 0 atom stereocenters. The van der Waals surface area contributed by atoms with Crippen LogP contribution in [0.1, 0.15) is 0 Å². The summed E-state index contributed by atoms with van der Waals surface area (Å²) in [5.41, 5.74) is 0. The first-order valence-corrected chi connectivity index (χ1v) is 6.45. The standard InChI is InChI=1S/C7H5BrClFO3S/c1-13-4-2-3-5(14(9,11)12)7(10)6(4)8/h2-3H,1H3. The molecule has 1 rings (SSSR count). The van der Waals surface area contributed by atoms with Crippen molar-refractivity contribution in [3.8, 4) is 5.75 Å². The van der Waals surface area contributed by atoms with Crippen molar-refractivity contribution < 1.29 is 17.5 Å². The lowest BCUT2D eigenvalue weighted by Crippen LogP contribution is -1.97. The average Bonchev–Trinajstić information content (AvgIpc) is 2.07. The number of ether oxygens (including phenoxy) is 1. The molecule has 0 amide bonds. The Bertz CT molecular complexity index is 460. The van der Waals surface area contributed by atoms with Gasteiger partial charge in [-0.2, -0.15) is 0 Å². The largest absolute Gasteiger partial charge is 0.495 e. The van der Waals surface area contributed by atoms with Crippen molar-refractivity contribution in [2.24, 2.45) is 0 Å². The molecular weight excluding hydrogens is 298 g/mol. The van der Waals surface area contributed by atoms with E-state index in [4.69, 9.17) is 15.4 Å². The Balaban J connectivity index is 3.47. The van der Waals surface area contributed by atoms with Gasteiger partial charge in [-0.15, -0.1) is 0 Å². The van der Waals surface area contributed by atoms with E-state index >= 15 is 0 Å². The zero-order chi connectivity index (χ0) is 10.9. The third-order valence-electron chi connectivity index (χ3n) is 1.49. The summed E-state index contributed by atoms with van der Waals surface area (Å²) in [6.07, 6.45) is 0. The highest BCUT2D eigenvalue weighted by Crippen LogP contribution is 2.32. The molecule has 0 spiro atoms. The fraction of sp³-hybridized carbons (Fsp3) is 0.143. The van der Waals surface area contributed by atoms with Crippen LogP contribution in [0.4, 0.5) is 4.39 Å². The second kappa shape index (κ2) is 4.04. The number of methoxy groups -OCH3 is 1. The molecule has 1 aromatic carbocycles. The molecule has 0 aliphatic rings. The van der Waals surface area contributed by atoms with E-state index in [1.54, 1.807) is 0 Å². The van der Waals surface area contributed by atoms with Gasteiger partial charge in [-0.05, 0) is 28.1 Å². The highest BCUT2D eigenvalue weighted by molar-refractivity contribution is 9.10. The summed E-state index contributed by atoms with van der Waals surface area (Å²) in [6.45, 7) is 0. The van der Waals surface area contributed by atoms with E-state index in [1.807, 2.05) is 0 Å². The zero-order valence-electron chi connectivity index (χ0n) is 6.92. The Morgan fingerprint density at radius 2 is 2.07 bits per heavy atom. The number of hydrogen-bond donors (Lipinski definition) is 0. The molecule has 0 saturated carbocycles. The lowest BCUT2D eigenvalue weighted by atomic mass is 10.3. The molecule has 3 nitrogen and oxygen atoms in total. The zero-order valence-corrected chi connectivity index (χ0v) is 10.1. The van der Waals surface area contributed by atoms with Crippen LogP contribution in [0.15, 0.2) is 21.5 Å². The van der Waals surface area contributed by atoms with Crippen LogP contribution in [0, 0.1) is 5.82 Å². The van der Waals surface area contributed by atoms with Gasteiger partial charge in [0.2, 0.25) is 0 Å². The van der Waals surface area contributed by atoms with Crippen molar-refractivity contribution in [2.75, 3.05) is 7.11 Å². The Hall–Kier alpha value is -0.330. The number of rotatable bonds is 2. The van der Waals surface area contributed by atoms with E-state index in [2.05, 4.69) is 15.9 Å². The molecule has 0 aliphatic heterocycles. The van der Waals surface area contributed by atoms with Gasteiger partial charge >= 0.3 is 0 Å². The third kappa shape index (κ3) is 2.18. The van der Waals surface area contributed by atoms with Gasteiger partial charge in [0.15, 0.2) is 5.82 Å². The van der Waals surface area contributed by atoms with Crippen molar-refractivity contribution in [3.05, 3.63) is 22.4 Å². The molecule has 0 N–H and O–H groups in total. The lowest BCUT2D eigenvalue weighted by Gasteiger charge is -2.05. The SMILES string of the molecule is COc1ccc(S(=O)(=O)Cl)c(F)c1Br. The normalized spacial score (nSPS) is 11.4. The summed E-state index contributed by atoms with van der Waals surface area (Å²) >= 11 is 2.86. The second-order valence-electron chi connectivity index (χ2n) is 2.33. The summed E-state index contributed by atoms with van der Waals surface area (Å²) in [5, 5.41) is 0. The molecule has 0 saturated heterocycles. The highest BCUT2D eigenvalue weighted by Gasteiger charge is 2.20. The highest BCUT2D eigenvalue weighted by atomic mass is 79.9. The molecular formula is C7H5BrClFO3S. The van der Waals surface area contributed by atoms with Crippen molar-refractivity contribution in [3.63, 3.8) is 0 Å². The van der Waals surface area contributed by atoms with Gasteiger partial charge in [0.1, 0.15) is 10.6 Å². The van der Waals surface area contributed by atoms with Crippen LogP contribution >= 0.6 is 26.6 Å². The summed E-state index contributed by atoms with van der Waals surface area (Å²) in [4.78, 5) is -0.577. The van der Waals surface area contributed by atoms with Gasteiger partial charge in [-0.25, -0.2) is 12.8 Å². The topological polar surface area (TPSA) is 43.4 Å². The van der Waals surface area contributed by atoms with Crippen LogP contribution in [-0.4, -0.2) is 15.5 Å². The molecule has 7 heteroatoms. The van der Waals surface area contributed by atoms with Crippen molar-refractivity contribution in [1.29, 1.82) is 0 Å². The molecule has 0 bridgehead atoms. The van der Waals surface area contributed by atoms with Crippen LogP contribution in [0.2, 0.25) is 0 Å². The predicted molar refractivity (Wildman–Crippen MR) is 53.7 cm³/mol. The van der Waals surface area contributed by atoms with E-state index in [0.29, 0.717) is 0 Å². The van der Waals surface area contributed by atoms with Crippen LogP contribution in [0.5, 0.6) is 5.75 Å². The smallest absolute Gasteiger partial charge is 0.264 e. The maximum atomic E-state index is 13.4. The summed E-state index contributed by atoms with van der Waals surface area (Å²) < 4.78 is 39.8. The Morgan fingerprint density at radius 1 is 1.50 bits per heavy atom. The second-order valence-corrected chi connectivity index (χ2v) is 5.66. The minimum Gasteiger partial charge on any atom is -0.495 e. The first kappa shape index (κ1) is 11.7. The maximum Gasteiger partial charge on any atom is 0.264 e. The molecule has 0 heterocycles. The molecule has 1 aromatic rings. The Labute approximate surface area is 93.4 Å². The van der Waals surface area contributed by atoms with Crippen LogP contribution in [0.25, 0.3) is 0 Å². The molecule has 0 aliphatic carbocycles. The molecule has 14 heavy (non-hydrogen) atoms. The summed E-state index contributed by atoms with van der Waals surface area (Å²) in [7, 11) is 2.27.